The first kappa shape index (κ1) is 25.0. The third-order valence-electron chi connectivity index (χ3n) is 6.96. The van der Waals surface area contributed by atoms with Crippen LogP contribution >= 0.6 is 0 Å². The Bertz CT molecular complexity index is 1240. The van der Waals surface area contributed by atoms with Crippen LogP contribution in [0.1, 0.15) is 34.5 Å². The monoisotopic (exact) mass is 509 g/mol. The number of amides is 1. The Hall–Kier alpha value is -3.66. The molecule has 3 aliphatic rings. The molecule has 1 fully saturated rings. The molecule has 0 spiro atoms. The zero-order valence-electron chi connectivity index (χ0n) is 21.2. The first-order valence-electron chi connectivity index (χ1n) is 12.6. The molecule has 0 atom stereocenters. The molecule has 0 saturated carbocycles. The number of methoxy groups -OCH3 is 1. The zero-order valence-corrected chi connectivity index (χ0v) is 21.2. The van der Waals surface area contributed by atoms with E-state index >= 15 is 0 Å². The van der Waals surface area contributed by atoms with E-state index in [9.17, 15) is 9.18 Å². The number of aromatic nitrogens is 3. The first-order valence-corrected chi connectivity index (χ1v) is 12.6. The lowest BCUT2D eigenvalue weighted by Gasteiger charge is -2.34. The fraction of sp³-hybridized carbons (Fsp3) is 0.444. The maximum Gasteiger partial charge on any atom is 0.257 e. The average Bonchev–Trinajstić information content (AvgIpc) is 3.36. The number of rotatable bonds is 1. The molecular formula is C27H32FN5O4. The second kappa shape index (κ2) is 11.2. The second-order valence-corrected chi connectivity index (χ2v) is 9.60. The van der Waals surface area contributed by atoms with E-state index in [1.807, 2.05) is 12.1 Å². The van der Waals surface area contributed by atoms with E-state index in [2.05, 4.69) is 21.3 Å². The van der Waals surface area contributed by atoms with Gasteiger partial charge in [0.2, 0.25) is 0 Å². The molecule has 10 heteroatoms. The first-order chi connectivity index (χ1) is 18.0. The highest BCUT2D eigenvalue weighted by atomic mass is 19.1. The smallest absolute Gasteiger partial charge is 0.257 e. The molecule has 6 rings (SSSR count). The van der Waals surface area contributed by atoms with E-state index in [-0.39, 0.29) is 24.7 Å². The normalized spacial score (nSPS) is 20.8. The summed E-state index contributed by atoms with van der Waals surface area (Å²) < 4.78 is 33.4. The molecule has 3 aliphatic heterocycles. The van der Waals surface area contributed by atoms with Gasteiger partial charge in [-0.1, -0.05) is 17.3 Å². The van der Waals surface area contributed by atoms with Gasteiger partial charge in [0.25, 0.3) is 5.91 Å². The number of hydrogen-bond donors (Lipinski definition) is 0. The fourth-order valence-corrected chi connectivity index (χ4v) is 4.96. The molecule has 0 unspecified atom stereocenters. The van der Waals surface area contributed by atoms with E-state index in [1.165, 1.54) is 18.2 Å². The minimum Gasteiger partial charge on any atom is -0.493 e. The fourth-order valence-electron chi connectivity index (χ4n) is 4.96. The molecule has 0 aliphatic carbocycles. The Morgan fingerprint density at radius 1 is 1.11 bits per heavy atom. The Morgan fingerprint density at radius 2 is 1.95 bits per heavy atom. The number of benzene rings is 2. The third kappa shape index (κ3) is 5.85. The van der Waals surface area contributed by atoms with Crippen LogP contribution in [0.25, 0.3) is 0 Å². The number of carbonyl (C=O) groups is 1. The summed E-state index contributed by atoms with van der Waals surface area (Å²) in [7, 11) is 3.41. The van der Waals surface area contributed by atoms with Crippen LogP contribution in [0.15, 0.2) is 42.6 Å². The molecule has 1 aromatic heterocycles. The van der Waals surface area contributed by atoms with Crippen LogP contribution in [0, 0.1) is 11.7 Å². The largest absolute Gasteiger partial charge is 0.493 e. The van der Waals surface area contributed by atoms with Crippen LogP contribution in [-0.2, 0) is 19.7 Å². The predicted molar refractivity (Wildman–Crippen MR) is 134 cm³/mol. The van der Waals surface area contributed by atoms with Crippen molar-refractivity contribution in [2.75, 3.05) is 40.4 Å². The van der Waals surface area contributed by atoms with Crippen LogP contribution in [0.3, 0.4) is 0 Å². The Kier molecular flexibility index (Phi) is 7.55. The van der Waals surface area contributed by atoms with Crippen molar-refractivity contribution in [1.29, 1.82) is 0 Å². The molecule has 9 nitrogen and oxygen atoms in total. The van der Waals surface area contributed by atoms with Gasteiger partial charge < -0.3 is 19.1 Å². The van der Waals surface area contributed by atoms with Crippen molar-refractivity contribution in [1.82, 2.24) is 24.8 Å². The Balaban J connectivity index is 1.41. The number of hydrogen-bond acceptors (Lipinski definition) is 7. The molecule has 2 aromatic carbocycles. The Morgan fingerprint density at radius 3 is 2.76 bits per heavy atom. The van der Waals surface area contributed by atoms with Gasteiger partial charge in [0, 0.05) is 25.7 Å². The lowest BCUT2D eigenvalue weighted by atomic mass is 9.95. The molecule has 3 aromatic rings. The molecule has 4 bridgehead atoms. The summed E-state index contributed by atoms with van der Waals surface area (Å²) in [5.41, 5.74) is 1.96. The average molecular weight is 510 g/mol. The molecular weight excluding hydrogens is 477 g/mol. The number of nitrogens with zero attached hydrogens (tertiary/aromatic N) is 5. The van der Waals surface area contributed by atoms with E-state index in [1.54, 1.807) is 29.9 Å². The van der Waals surface area contributed by atoms with E-state index in [4.69, 9.17) is 14.2 Å². The van der Waals surface area contributed by atoms with Gasteiger partial charge in [-0.2, -0.15) is 0 Å². The number of fused-ring (bicyclic) bond motifs is 7. The van der Waals surface area contributed by atoms with Gasteiger partial charge >= 0.3 is 0 Å². The van der Waals surface area contributed by atoms with Crippen LogP contribution in [0.4, 0.5) is 4.39 Å². The lowest BCUT2D eigenvalue weighted by Crippen LogP contribution is -2.39. The van der Waals surface area contributed by atoms with Gasteiger partial charge in [-0.3, -0.25) is 9.69 Å². The van der Waals surface area contributed by atoms with Crippen LogP contribution < -0.4 is 14.2 Å². The van der Waals surface area contributed by atoms with Gasteiger partial charge in [0.1, 0.15) is 30.5 Å². The quantitative estimate of drug-likeness (QED) is 0.498. The molecule has 1 saturated heterocycles. The lowest BCUT2D eigenvalue weighted by molar-refractivity contribution is 0.0732. The maximum atomic E-state index is 14.1. The molecule has 4 heterocycles. The number of carbonyl (C=O) groups excluding carboxylic acids is 1. The Labute approximate surface area is 215 Å². The second-order valence-electron chi connectivity index (χ2n) is 9.60. The van der Waals surface area contributed by atoms with Gasteiger partial charge in [-0.15, -0.1) is 5.10 Å². The highest BCUT2D eigenvalue weighted by molar-refractivity contribution is 5.96. The van der Waals surface area contributed by atoms with Gasteiger partial charge in [-0.25, -0.2) is 9.07 Å². The van der Waals surface area contributed by atoms with Gasteiger partial charge in [-0.05, 0) is 56.1 Å². The SMILES string of the molecule is COc1cccc2c1OCc1cn(nn1)CCOc1ccc(F)cc1C(=O)N(C)CC1CCN(CC1)C2. The van der Waals surface area contributed by atoms with Crippen molar-refractivity contribution in [3.63, 3.8) is 0 Å². The minimum absolute atomic E-state index is 0.229. The topological polar surface area (TPSA) is 81.9 Å². The molecule has 196 valence electrons. The number of para-hydroxylation sites is 1. The van der Waals surface area contributed by atoms with E-state index < -0.39 is 5.82 Å². The summed E-state index contributed by atoms with van der Waals surface area (Å²) in [5.74, 6) is 1.42. The van der Waals surface area contributed by atoms with Crippen molar-refractivity contribution in [3.05, 3.63) is 65.2 Å². The van der Waals surface area contributed by atoms with Crippen molar-refractivity contribution >= 4 is 5.91 Å². The van der Waals surface area contributed by atoms with Crippen molar-refractivity contribution < 1.29 is 23.4 Å². The van der Waals surface area contributed by atoms with E-state index in [0.29, 0.717) is 41.9 Å². The highest BCUT2D eigenvalue weighted by Crippen LogP contribution is 2.33. The van der Waals surface area contributed by atoms with E-state index in [0.717, 1.165) is 38.0 Å². The number of piperidine rings is 1. The number of ether oxygens (including phenoxy) is 3. The number of halogens is 1. The van der Waals surface area contributed by atoms with Gasteiger partial charge in [0.05, 0.1) is 25.4 Å². The molecule has 0 radical (unpaired) electrons. The summed E-state index contributed by atoms with van der Waals surface area (Å²) in [6, 6.07) is 9.99. The summed E-state index contributed by atoms with van der Waals surface area (Å²) in [6.07, 6.45) is 3.73. The minimum atomic E-state index is -0.468. The van der Waals surface area contributed by atoms with Crippen molar-refractivity contribution in [2.24, 2.45) is 5.92 Å². The molecule has 0 N–H and O–H groups in total. The van der Waals surface area contributed by atoms with Gasteiger partial charge in [0.15, 0.2) is 11.5 Å². The highest BCUT2D eigenvalue weighted by Gasteiger charge is 2.25. The maximum absolute atomic E-state index is 14.1. The summed E-state index contributed by atoms with van der Waals surface area (Å²) in [4.78, 5) is 17.3. The third-order valence-corrected chi connectivity index (χ3v) is 6.96. The summed E-state index contributed by atoms with van der Waals surface area (Å²) in [6.45, 7) is 4.07. The van der Waals surface area contributed by atoms with Crippen LogP contribution in [-0.4, -0.2) is 71.1 Å². The predicted octanol–water partition coefficient (Wildman–Crippen LogP) is 3.38. The summed E-state index contributed by atoms with van der Waals surface area (Å²) in [5, 5.41) is 8.37. The molecule has 1 amide bonds. The standard InChI is InChI=1S/C27H32FN5O4/c1-31-15-19-8-10-32(11-9-19)16-20-4-3-5-25(35-2)26(20)37-18-22-17-33(30-29-22)12-13-36-24-7-6-21(28)14-23(24)27(31)34/h3-7,14,17,19H,8-13,15-16,18H2,1-2H3. The van der Waals surface area contributed by atoms with Crippen LogP contribution in [0.2, 0.25) is 0 Å². The van der Waals surface area contributed by atoms with Crippen LogP contribution in [0.5, 0.6) is 17.2 Å². The zero-order chi connectivity index (χ0) is 25.8. The summed E-state index contributed by atoms with van der Waals surface area (Å²) >= 11 is 0. The van der Waals surface area contributed by atoms with Crippen molar-refractivity contribution in [3.8, 4) is 17.2 Å². The molecule has 37 heavy (non-hydrogen) atoms. The van der Waals surface area contributed by atoms with Crippen molar-refractivity contribution in [2.45, 2.75) is 32.5 Å².